The summed E-state index contributed by atoms with van der Waals surface area (Å²) in [5, 5.41) is 6.29. The monoisotopic (exact) mass is 779 g/mol. The number of nitrogens with one attached hydrogen (secondary N) is 1. The van der Waals surface area contributed by atoms with Crippen molar-refractivity contribution in [3.63, 3.8) is 0 Å². The van der Waals surface area contributed by atoms with E-state index in [2.05, 4.69) is 201 Å². The summed E-state index contributed by atoms with van der Waals surface area (Å²) in [7, 11) is 2.44. The number of rotatable bonds is 4. The third kappa shape index (κ3) is 5.35. The molecule has 3 heterocycles. The van der Waals surface area contributed by atoms with Gasteiger partial charge in [-0.2, -0.15) is 0 Å². The van der Waals surface area contributed by atoms with Gasteiger partial charge in [0.05, 0.1) is 11.4 Å². The molecule has 3 aliphatic rings. The average Bonchev–Trinajstić information content (AvgIpc) is 3.60. The predicted molar refractivity (Wildman–Crippen MR) is 256 cm³/mol. The zero-order chi connectivity index (χ0) is 41.5. The molecule has 0 amide bonds. The molecule has 0 saturated heterocycles. The fourth-order valence-electron chi connectivity index (χ4n) is 11.2. The Labute approximate surface area is 355 Å². The smallest absolute Gasteiger partial charge is 0.197 e. The SMILES string of the molecule is Cc1cc(C)c(-c2cc(-c3ccc4c(oc5ccccc54)c3Nc3ccc4c(c3)C(C)(C)CCC4(C)C)c3c(c2)N2c4ccccc4C(C)(C)c4cccc(c42)[B]3)c(C)c1. The van der Waals surface area contributed by atoms with Crippen molar-refractivity contribution < 1.29 is 4.42 Å². The van der Waals surface area contributed by atoms with Crippen LogP contribution in [0.2, 0.25) is 0 Å². The van der Waals surface area contributed by atoms with Crippen LogP contribution in [0.25, 0.3) is 44.2 Å². The maximum Gasteiger partial charge on any atom is 0.197 e. The summed E-state index contributed by atoms with van der Waals surface area (Å²) in [5.74, 6) is 0. The zero-order valence-corrected chi connectivity index (χ0v) is 36.4. The summed E-state index contributed by atoms with van der Waals surface area (Å²) in [6.07, 6.45) is 2.34. The van der Waals surface area contributed by atoms with E-state index >= 15 is 0 Å². The molecule has 1 aromatic heterocycles. The minimum absolute atomic E-state index is 0.0778. The van der Waals surface area contributed by atoms with Gasteiger partial charge in [0.15, 0.2) is 12.9 Å². The van der Waals surface area contributed by atoms with Gasteiger partial charge < -0.3 is 14.6 Å². The Kier molecular flexibility index (Phi) is 7.87. The van der Waals surface area contributed by atoms with Gasteiger partial charge in [-0.05, 0) is 142 Å². The molecule has 0 unspecified atom stereocenters. The summed E-state index contributed by atoms with van der Waals surface area (Å²) >= 11 is 0. The summed E-state index contributed by atoms with van der Waals surface area (Å²) in [6, 6.07) is 45.6. The molecular weight excluding hydrogens is 727 g/mol. The van der Waals surface area contributed by atoms with Gasteiger partial charge in [0.2, 0.25) is 0 Å². The first-order valence-corrected chi connectivity index (χ1v) is 21.7. The lowest BCUT2D eigenvalue weighted by Crippen LogP contribution is -2.45. The number of nitrogens with zero attached hydrogens (tertiary/aromatic N) is 1. The number of para-hydroxylation sites is 3. The van der Waals surface area contributed by atoms with Crippen molar-refractivity contribution in [2.75, 3.05) is 10.2 Å². The van der Waals surface area contributed by atoms with Crippen LogP contribution in [0.5, 0.6) is 0 Å². The minimum Gasteiger partial charge on any atom is -0.454 e. The molecule has 2 aliphatic heterocycles. The lowest BCUT2D eigenvalue weighted by molar-refractivity contribution is 0.332. The Morgan fingerprint density at radius 1 is 0.600 bits per heavy atom. The van der Waals surface area contributed by atoms with Crippen LogP contribution in [0.4, 0.5) is 28.4 Å². The Balaban J connectivity index is 1.22. The molecule has 7 aromatic carbocycles. The number of hydrogen-bond donors (Lipinski definition) is 1. The third-order valence-electron chi connectivity index (χ3n) is 14.4. The van der Waals surface area contributed by atoms with E-state index in [1.165, 1.54) is 90.0 Å². The van der Waals surface area contributed by atoms with Crippen LogP contribution in [-0.2, 0) is 16.2 Å². The summed E-state index contributed by atoms with van der Waals surface area (Å²) < 4.78 is 6.92. The second-order valence-electron chi connectivity index (χ2n) is 19.7. The highest BCUT2D eigenvalue weighted by Gasteiger charge is 2.42. The first-order chi connectivity index (χ1) is 28.7. The Hall–Kier alpha value is -6.00. The molecule has 1 aliphatic carbocycles. The number of benzene rings is 7. The lowest BCUT2D eigenvalue weighted by atomic mass is 9.55. The van der Waals surface area contributed by atoms with Crippen molar-refractivity contribution in [3.8, 4) is 22.3 Å². The quantitative estimate of drug-likeness (QED) is 0.180. The lowest BCUT2D eigenvalue weighted by Gasteiger charge is -2.46. The van der Waals surface area contributed by atoms with Gasteiger partial charge in [0, 0.05) is 38.8 Å². The molecular formula is C56H52BN2O. The van der Waals surface area contributed by atoms with Gasteiger partial charge in [-0.1, -0.05) is 131 Å². The average molecular weight is 780 g/mol. The highest BCUT2D eigenvalue weighted by atomic mass is 16.3. The molecule has 4 heteroatoms. The van der Waals surface area contributed by atoms with Crippen LogP contribution in [0.3, 0.4) is 0 Å². The normalized spacial score (nSPS) is 16.4. The molecule has 1 radical (unpaired) electrons. The molecule has 0 atom stereocenters. The van der Waals surface area contributed by atoms with Gasteiger partial charge >= 0.3 is 0 Å². The third-order valence-corrected chi connectivity index (χ3v) is 14.4. The van der Waals surface area contributed by atoms with E-state index in [0.29, 0.717) is 0 Å². The fourth-order valence-corrected chi connectivity index (χ4v) is 11.2. The molecule has 295 valence electrons. The Morgan fingerprint density at radius 2 is 1.32 bits per heavy atom. The van der Waals surface area contributed by atoms with Crippen LogP contribution in [0.1, 0.15) is 93.3 Å². The Bertz CT molecular complexity index is 3100. The van der Waals surface area contributed by atoms with Gasteiger partial charge in [-0.15, -0.1) is 0 Å². The van der Waals surface area contributed by atoms with Crippen LogP contribution < -0.4 is 21.1 Å². The second-order valence-corrected chi connectivity index (χ2v) is 19.7. The van der Waals surface area contributed by atoms with E-state index in [4.69, 9.17) is 4.42 Å². The van der Waals surface area contributed by atoms with Crippen molar-refractivity contribution in [2.45, 2.75) is 91.4 Å². The highest BCUT2D eigenvalue weighted by Crippen LogP contribution is 2.54. The molecule has 3 nitrogen and oxygen atoms in total. The van der Waals surface area contributed by atoms with Crippen LogP contribution >= 0.6 is 0 Å². The molecule has 0 saturated carbocycles. The minimum atomic E-state index is -0.156. The molecule has 0 bridgehead atoms. The van der Waals surface area contributed by atoms with Crippen LogP contribution in [0, 0.1) is 20.8 Å². The number of aryl methyl sites for hydroxylation is 3. The van der Waals surface area contributed by atoms with E-state index in [9.17, 15) is 0 Å². The van der Waals surface area contributed by atoms with Crippen molar-refractivity contribution >= 4 is 68.6 Å². The van der Waals surface area contributed by atoms with Crippen molar-refractivity contribution in [2.24, 2.45) is 0 Å². The topological polar surface area (TPSA) is 28.4 Å². The Morgan fingerprint density at radius 3 is 2.12 bits per heavy atom. The van der Waals surface area contributed by atoms with Gasteiger partial charge in [-0.3, -0.25) is 0 Å². The highest BCUT2D eigenvalue weighted by molar-refractivity contribution is 6.73. The van der Waals surface area contributed by atoms with Gasteiger partial charge in [0.1, 0.15) is 5.58 Å². The second kappa shape index (κ2) is 12.8. The number of hydrogen-bond acceptors (Lipinski definition) is 3. The molecule has 8 aromatic rings. The van der Waals surface area contributed by atoms with E-state index in [-0.39, 0.29) is 16.2 Å². The van der Waals surface area contributed by atoms with Gasteiger partial charge in [0.25, 0.3) is 0 Å². The summed E-state index contributed by atoms with van der Waals surface area (Å²) in [5.41, 5.74) is 24.2. The number of anilines is 5. The summed E-state index contributed by atoms with van der Waals surface area (Å²) in [4.78, 5) is 2.56. The maximum atomic E-state index is 6.92. The standard InChI is InChI=1S/C56H52BN2O/c1-32-27-33(2)49(34(3)28-32)35-29-40(50-47(30-35)59-46-19-12-11-16-42(46)56(8,9)43-17-14-18-45(57-50)52(43)59)38-22-23-39-37-15-10-13-20-48(37)60-53(39)51(38)58-36-21-24-41-44(31-36)55(6,7)26-25-54(41,4)5/h10-24,27-31,58H,25-26H2,1-9H3. The first-order valence-electron chi connectivity index (χ1n) is 21.7. The van der Waals surface area contributed by atoms with E-state index in [1.54, 1.807) is 0 Å². The number of furan rings is 1. The van der Waals surface area contributed by atoms with Crippen LogP contribution in [-0.4, -0.2) is 7.28 Å². The summed E-state index contributed by atoms with van der Waals surface area (Å²) in [6.45, 7) is 21.1. The van der Waals surface area contributed by atoms with E-state index in [0.717, 1.165) is 45.3 Å². The predicted octanol–water partition coefficient (Wildman–Crippen LogP) is 14.0. The van der Waals surface area contributed by atoms with E-state index < -0.39 is 0 Å². The van der Waals surface area contributed by atoms with Crippen molar-refractivity contribution in [1.29, 1.82) is 0 Å². The van der Waals surface area contributed by atoms with Crippen molar-refractivity contribution in [1.82, 2.24) is 0 Å². The molecule has 11 rings (SSSR count). The zero-order valence-electron chi connectivity index (χ0n) is 36.4. The molecule has 0 spiro atoms. The first kappa shape index (κ1) is 37.0. The molecule has 0 fully saturated rings. The van der Waals surface area contributed by atoms with Gasteiger partial charge in [-0.25, -0.2) is 0 Å². The maximum absolute atomic E-state index is 6.92. The largest absolute Gasteiger partial charge is 0.454 e. The molecule has 1 N–H and O–H groups in total. The van der Waals surface area contributed by atoms with Crippen LogP contribution in [0.15, 0.2) is 126 Å². The number of fused-ring (bicyclic) bond motifs is 8. The fraction of sp³-hybridized carbons (Fsp3) is 0.250. The van der Waals surface area contributed by atoms with E-state index in [1.807, 2.05) is 0 Å². The molecule has 60 heavy (non-hydrogen) atoms. The van der Waals surface area contributed by atoms with Crippen molar-refractivity contribution in [3.05, 3.63) is 160 Å².